The SMILES string of the molecule is NC(CCc1ccsc1)c1ccc(Br)c(C(F)(F)F)c1. The van der Waals surface area contributed by atoms with Crippen molar-refractivity contribution in [2.75, 3.05) is 0 Å². The highest BCUT2D eigenvalue weighted by atomic mass is 79.9. The molecule has 0 radical (unpaired) electrons. The number of hydrogen-bond donors (Lipinski definition) is 1. The first kappa shape index (κ1) is 15.5. The lowest BCUT2D eigenvalue weighted by Gasteiger charge is -2.15. The first-order valence-electron chi connectivity index (χ1n) is 6.01. The van der Waals surface area contributed by atoms with Crippen molar-refractivity contribution in [2.24, 2.45) is 5.73 Å². The molecule has 0 aliphatic carbocycles. The molecular weight excluding hydrogens is 351 g/mol. The molecule has 2 N–H and O–H groups in total. The Balaban J connectivity index is 2.12. The van der Waals surface area contributed by atoms with Gasteiger partial charge in [0, 0.05) is 10.5 Å². The number of thiophene rings is 1. The van der Waals surface area contributed by atoms with E-state index < -0.39 is 17.8 Å². The minimum absolute atomic E-state index is 0.0405. The fourth-order valence-electron chi connectivity index (χ4n) is 1.91. The van der Waals surface area contributed by atoms with E-state index in [0.29, 0.717) is 12.0 Å². The van der Waals surface area contributed by atoms with E-state index in [2.05, 4.69) is 15.9 Å². The molecule has 0 saturated heterocycles. The maximum Gasteiger partial charge on any atom is 0.417 e. The van der Waals surface area contributed by atoms with Crippen LogP contribution in [0, 0.1) is 0 Å². The fraction of sp³-hybridized carbons (Fsp3) is 0.286. The molecule has 0 bridgehead atoms. The van der Waals surface area contributed by atoms with Crippen molar-refractivity contribution in [1.29, 1.82) is 0 Å². The zero-order valence-electron chi connectivity index (χ0n) is 10.5. The molecule has 1 heterocycles. The third-order valence-corrected chi connectivity index (χ3v) is 4.47. The topological polar surface area (TPSA) is 26.0 Å². The molecule has 1 aromatic carbocycles. The molecule has 1 aromatic heterocycles. The molecule has 0 aliphatic rings. The van der Waals surface area contributed by atoms with Crippen molar-refractivity contribution in [3.05, 3.63) is 56.2 Å². The molecule has 1 unspecified atom stereocenters. The molecule has 0 fully saturated rings. The third kappa shape index (κ3) is 3.84. The first-order valence-corrected chi connectivity index (χ1v) is 7.75. The highest BCUT2D eigenvalue weighted by Crippen LogP contribution is 2.36. The number of benzene rings is 1. The number of nitrogens with two attached hydrogens (primary N) is 1. The summed E-state index contributed by atoms with van der Waals surface area (Å²) in [5.41, 5.74) is 6.99. The van der Waals surface area contributed by atoms with Gasteiger partial charge in [-0.1, -0.05) is 22.0 Å². The Kier molecular flexibility index (Phi) is 4.88. The molecule has 0 spiro atoms. The lowest BCUT2D eigenvalue weighted by Crippen LogP contribution is -2.14. The van der Waals surface area contributed by atoms with Gasteiger partial charge in [0.15, 0.2) is 0 Å². The Labute approximate surface area is 127 Å². The van der Waals surface area contributed by atoms with Crippen LogP contribution in [0.1, 0.15) is 29.2 Å². The molecule has 108 valence electrons. The Morgan fingerprint density at radius 3 is 2.60 bits per heavy atom. The highest BCUT2D eigenvalue weighted by molar-refractivity contribution is 9.10. The summed E-state index contributed by atoms with van der Waals surface area (Å²) >= 11 is 4.53. The van der Waals surface area contributed by atoms with Crippen LogP contribution in [-0.2, 0) is 12.6 Å². The van der Waals surface area contributed by atoms with Gasteiger partial charge >= 0.3 is 6.18 Å². The lowest BCUT2D eigenvalue weighted by atomic mass is 9.99. The van der Waals surface area contributed by atoms with E-state index >= 15 is 0 Å². The minimum Gasteiger partial charge on any atom is -0.324 e. The van der Waals surface area contributed by atoms with E-state index in [1.807, 2.05) is 16.8 Å². The summed E-state index contributed by atoms with van der Waals surface area (Å²) in [6, 6.07) is 5.77. The first-order chi connectivity index (χ1) is 9.38. The summed E-state index contributed by atoms with van der Waals surface area (Å²) < 4.78 is 38.5. The van der Waals surface area contributed by atoms with Gasteiger partial charge in [-0.05, 0) is 52.9 Å². The Morgan fingerprint density at radius 2 is 2.00 bits per heavy atom. The molecule has 6 heteroatoms. The standard InChI is InChI=1S/C14H13BrF3NS/c15-12-3-2-10(7-11(12)14(16,17)18)13(19)4-1-9-5-6-20-8-9/h2-3,5-8,13H,1,4,19H2. The number of rotatable bonds is 4. The van der Waals surface area contributed by atoms with Crippen molar-refractivity contribution < 1.29 is 13.2 Å². The predicted molar refractivity (Wildman–Crippen MR) is 78.7 cm³/mol. The molecule has 0 aliphatic heterocycles. The van der Waals surface area contributed by atoms with Crippen molar-refractivity contribution in [3.63, 3.8) is 0 Å². The van der Waals surface area contributed by atoms with E-state index in [9.17, 15) is 13.2 Å². The second kappa shape index (κ2) is 6.28. The van der Waals surface area contributed by atoms with Crippen molar-refractivity contribution in [1.82, 2.24) is 0 Å². The molecule has 1 nitrogen and oxygen atoms in total. The molecular formula is C14H13BrF3NS. The van der Waals surface area contributed by atoms with Gasteiger partial charge in [0.1, 0.15) is 0 Å². The molecule has 0 amide bonds. The van der Waals surface area contributed by atoms with Crippen LogP contribution < -0.4 is 5.73 Å². The minimum atomic E-state index is -4.37. The van der Waals surface area contributed by atoms with Crippen LogP contribution in [0.4, 0.5) is 13.2 Å². The van der Waals surface area contributed by atoms with Crippen LogP contribution in [-0.4, -0.2) is 0 Å². The van der Waals surface area contributed by atoms with Crippen LogP contribution in [0.15, 0.2) is 39.5 Å². The Hall–Kier alpha value is -0.850. The zero-order valence-corrected chi connectivity index (χ0v) is 12.9. The van der Waals surface area contributed by atoms with E-state index in [1.54, 1.807) is 17.4 Å². The molecule has 2 rings (SSSR count). The molecule has 2 aromatic rings. The molecule has 20 heavy (non-hydrogen) atoms. The normalized spacial score (nSPS) is 13.4. The van der Waals surface area contributed by atoms with E-state index in [4.69, 9.17) is 5.73 Å². The largest absolute Gasteiger partial charge is 0.417 e. The zero-order chi connectivity index (χ0) is 14.8. The summed E-state index contributed by atoms with van der Waals surface area (Å²) in [4.78, 5) is 0. The van der Waals surface area contributed by atoms with Gasteiger partial charge in [-0.3, -0.25) is 0 Å². The number of aryl methyl sites for hydroxylation is 1. The Bertz CT molecular complexity index is 566. The third-order valence-electron chi connectivity index (χ3n) is 3.05. The highest BCUT2D eigenvalue weighted by Gasteiger charge is 2.33. The second-order valence-electron chi connectivity index (χ2n) is 4.51. The van der Waals surface area contributed by atoms with E-state index in [-0.39, 0.29) is 4.47 Å². The van der Waals surface area contributed by atoms with Crippen molar-refractivity contribution in [2.45, 2.75) is 25.1 Å². The summed E-state index contributed by atoms with van der Waals surface area (Å²) in [5.74, 6) is 0. The molecule has 1 atom stereocenters. The fourth-order valence-corrected chi connectivity index (χ4v) is 3.09. The average Bonchev–Trinajstić information content (AvgIpc) is 2.88. The predicted octanol–water partition coefficient (Wildman–Crippen LogP) is 5.16. The maximum absolute atomic E-state index is 12.8. The number of halogens is 4. The van der Waals surface area contributed by atoms with Crippen LogP contribution in [0.5, 0.6) is 0 Å². The van der Waals surface area contributed by atoms with Crippen molar-refractivity contribution >= 4 is 27.3 Å². The lowest BCUT2D eigenvalue weighted by molar-refractivity contribution is -0.138. The van der Waals surface area contributed by atoms with Crippen LogP contribution in [0.25, 0.3) is 0 Å². The average molecular weight is 364 g/mol. The van der Waals surface area contributed by atoms with Gasteiger partial charge in [-0.25, -0.2) is 0 Å². The molecule has 0 saturated carbocycles. The van der Waals surface area contributed by atoms with Gasteiger partial charge in [0.2, 0.25) is 0 Å². The Morgan fingerprint density at radius 1 is 1.25 bits per heavy atom. The smallest absolute Gasteiger partial charge is 0.324 e. The summed E-state index contributed by atoms with van der Waals surface area (Å²) in [5, 5.41) is 4.00. The second-order valence-corrected chi connectivity index (χ2v) is 6.15. The van der Waals surface area contributed by atoms with Gasteiger partial charge in [0.25, 0.3) is 0 Å². The van der Waals surface area contributed by atoms with Crippen LogP contribution >= 0.6 is 27.3 Å². The maximum atomic E-state index is 12.8. The monoisotopic (exact) mass is 363 g/mol. The summed E-state index contributed by atoms with van der Waals surface area (Å²) in [6.45, 7) is 0. The van der Waals surface area contributed by atoms with Crippen LogP contribution in [0.2, 0.25) is 0 Å². The summed E-state index contributed by atoms with van der Waals surface area (Å²) in [7, 11) is 0. The van der Waals surface area contributed by atoms with Gasteiger partial charge in [-0.15, -0.1) is 0 Å². The number of hydrogen-bond acceptors (Lipinski definition) is 2. The van der Waals surface area contributed by atoms with E-state index in [0.717, 1.165) is 12.5 Å². The van der Waals surface area contributed by atoms with Gasteiger partial charge in [-0.2, -0.15) is 24.5 Å². The van der Waals surface area contributed by atoms with Crippen molar-refractivity contribution in [3.8, 4) is 0 Å². The van der Waals surface area contributed by atoms with Gasteiger partial charge < -0.3 is 5.73 Å². The van der Waals surface area contributed by atoms with Gasteiger partial charge in [0.05, 0.1) is 5.56 Å². The van der Waals surface area contributed by atoms with Crippen LogP contribution in [0.3, 0.4) is 0 Å². The van der Waals surface area contributed by atoms with E-state index in [1.165, 1.54) is 11.6 Å². The summed E-state index contributed by atoms with van der Waals surface area (Å²) in [6.07, 6.45) is -2.99. The number of alkyl halides is 3. The quantitative estimate of drug-likeness (QED) is 0.797.